The zero-order valence-corrected chi connectivity index (χ0v) is 8.12. The van der Waals surface area contributed by atoms with Crippen molar-refractivity contribution in [1.82, 2.24) is 0 Å². The molecule has 0 bridgehead atoms. The molecule has 0 saturated heterocycles. The minimum absolute atomic E-state index is 0.194. The summed E-state index contributed by atoms with van der Waals surface area (Å²) in [4.78, 5) is 0. The molecule has 1 aromatic rings. The second-order valence-corrected chi connectivity index (χ2v) is 3.67. The minimum atomic E-state index is -1.36. The van der Waals surface area contributed by atoms with Gasteiger partial charge in [-0.15, -0.1) is 0 Å². The van der Waals surface area contributed by atoms with E-state index in [4.69, 9.17) is 0 Å². The first-order chi connectivity index (χ1) is 6.99. The van der Waals surface area contributed by atoms with Gasteiger partial charge in [0.25, 0.3) is 0 Å². The van der Waals surface area contributed by atoms with E-state index in [1.54, 1.807) is 0 Å². The highest BCUT2D eigenvalue weighted by Gasteiger charge is 2.47. The largest absolute Gasteiger partial charge is 0.504 e. The number of halogens is 1. The monoisotopic (exact) mass is 214 g/mol. The Kier molecular flexibility index (Phi) is 2.01. The molecule has 2 rings (SSSR count). The summed E-state index contributed by atoms with van der Waals surface area (Å²) in [5, 5.41) is 28.5. The zero-order chi connectivity index (χ0) is 11.2. The van der Waals surface area contributed by atoms with E-state index in [-0.39, 0.29) is 11.3 Å². The highest BCUT2D eigenvalue weighted by molar-refractivity contribution is 5.54. The van der Waals surface area contributed by atoms with Gasteiger partial charge in [-0.05, 0) is 12.8 Å². The van der Waals surface area contributed by atoms with Crippen molar-refractivity contribution in [3.05, 3.63) is 17.4 Å². The first-order valence-electron chi connectivity index (χ1n) is 4.51. The van der Waals surface area contributed by atoms with Crippen molar-refractivity contribution in [2.45, 2.75) is 18.4 Å². The molecule has 3 N–H and O–H groups in total. The predicted molar refractivity (Wildman–Crippen MR) is 49.4 cm³/mol. The lowest BCUT2D eigenvalue weighted by Crippen LogP contribution is -2.09. The summed E-state index contributed by atoms with van der Waals surface area (Å²) in [6.45, 7) is 0. The summed E-state index contributed by atoms with van der Waals surface area (Å²) in [6, 6.07) is 0.972. The number of methoxy groups -OCH3 is 1. The molecular formula is C10H11FO4. The van der Waals surface area contributed by atoms with Crippen molar-refractivity contribution < 1.29 is 24.4 Å². The maximum absolute atomic E-state index is 13.7. The Morgan fingerprint density at radius 3 is 2.47 bits per heavy atom. The molecule has 0 unspecified atom stereocenters. The molecule has 1 aromatic carbocycles. The predicted octanol–water partition coefficient (Wildman–Crippen LogP) is 1.23. The highest BCUT2D eigenvalue weighted by Crippen LogP contribution is 2.53. The van der Waals surface area contributed by atoms with Gasteiger partial charge in [0.1, 0.15) is 0 Å². The lowest BCUT2D eigenvalue weighted by atomic mass is 10.0. The van der Waals surface area contributed by atoms with Crippen molar-refractivity contribution in [2.75, 3.05) is 7.11 Å². The Morgan fingerprint density at radius 2 is 2.00 bits per heavy atom. The standard InChI is InChI=1S/C10H11FO4/c1-15-6-4-5(12)9(13)7(8(6)11)10(14)2-3-10/h4,12-14H,2-3H2,1H3. The zero-order valence-electron chi connectivity index (χ0n) is 8.12. The normalized spacial score (nSPS) is 17.5. The lowest BCUT2D eigenvalue weighted by Gasteiger charge is -2.15. The number of hydrogen-bond donors (Lipinski definition) is 3. The van der Waals surface area contributed by atoms with Crippen LogP contribution in [0.15, 0.2) is 6.07 Å². The molecule has 1 fully saturated rings. The Labute approximate surface area is 85.5 Å². The van der Waals surface area contributed by atoms with Gasteiger partial charge in [-0.25, -0.2) is 4.39 Å². The van der Waals surface area contributed by atoms with Crippen LogP contribution in [0.25, 0.3) is 0 Å². The number of hydrogen-bond acceptors (Lipinski definition) is 4. The Balaban J connectivity index is 2.65. The molecule has 4 nitrogen and oxygen atoms in total. The molecule has 0 amide bonds. The summed E-state index contributed by atoms with van der Waals surface area (Å²) < 4.78 is 18.4. The van der Waals surface area contributed by atoms with E-state index in [1.165, 1.54) is 7.11 Å². The maximum atomic E-state index is 13.7. The van der Waals surface area contributed by atoms with E-state index in [0.717, 1.165) is 6.07 Å². The summed E-state index contributed by atoms with van der Waals surface area (Å²) in [7, 11) is 1.25. The molecule has 82 valence electrons. The van der Waals surface area contributed by atoms with E-state index >= 15 is 0 Å². The summed E-state index contributed by atoms with van der Waals surface area (Å²) >= 11 is 0. The number of rotatable bonds is 2. The number of phenolic OH excluding ortho intramolecular Hbond substituents is 2. The van der Waals surface area contributed by atoms with Gasteiger partial charge in [-0.3, -0.25) is 0 Å². The van der Waals surface area contributed by atoms with E-state index < -0.39 is 22.9 Å². The second kappa shape index (κ2) is 3.00. The molecule has 0 aromatic heterocycles. The van der Waals surface area contributed by atoms with Crippen molar-refractivity contribution in [3.8, 4) is 17.2 Å². The van der Waals surface area contributed by atoms with Gasteiger partial charge >= 0.3 is 0 Å². The third-order valence-corrected chi connectivity index (χ3v) is 2.59. The molecular weight excluding hydrogens is 203 g/mol. The third kappa shape index (κ3) is 1.39. The molecule has 0 spiro atoms. The van der Waals surface area contributed by atoms with Gasteiger partial charge in [-0.2, -0.15) is 0 Å². The van der Waals surface area contributed by atoms with Crippen molar-refractivity contribution in [2.24, 2.45) is 0 Å². The van der Waals surface area contributed by atoms with Crippen LogP contribution in [-0.2, 0) is 5.60 Å². The number of aromatic hydroxyl groups is 2. The van der Waals surface area contributed by atoms with Crippen LogP contribution in [0.2, 0.25) is 0 Å². The summed E-state index contributed by atoms with van der Waals surface area (Å²) in [6.07, 6.45) is 0.730. The van der Waals surface area contributed by atoms with Crippen LogP contribution < -0.4 is 4.74 Å². The number of benzene rings is 1. The van der Waals surface area contributed by atoms with Crippen LogP contribution in [0.5, 0.6) is 17.2 Å². The van der Waals surface area contributed by atoms with Gasteiger partial charge in [0, 0.05) is 6.07 Å². The topological polar surface area (TPSA) is 69.9 Å². The van der Waals surface area contributed by atoms with Gasteiger partial charge < -0.3 is 20.1 Å². The third-order valence-electron chi connectivity index (χ3n) is 2.59. The van der Waals surface area contributed by atoms with E-state index in [1.807, 2.05) is 0 Å². The summed E-state index contributed by atoms with van der Waals surface area (Å²) in [5.74, 6) is -2.13. The Hall–Kier alpha value is -1.49. The van der Waals surface area contributed by atoms with Gasteiger partial charge in [0.2, 0.25) is 0 Å². The molecule has 1 aliphatic rings. The van der Waals surface area contributed by atoms with E-state index in [0.29, 0.717) is 12.8 Å². The van der Waals surface area contributed by atoms with Crippen LogP contribution in [0.3, 0.4) is 0 Å². The number of phenols is 2. The highest BCUT2D eigenvalue weighted by atomic mass is 19.1. The Bertz CT molecular complexity index is 412. The van der Waals surface area contributed by atoms with E-state index in [9.17, 15) is 19.7 Å². The van der Waals surface area contributed by atoms with Crippen LogP contribution >= 0.6 is 0 Å². The molecule has 5 heteroatoms. The number of aliphatic hydroxyl groups is 1. The summed E-state index contributed by atoms with van der Waals surface area (Å²) in [5.41, 5.74) is -1.64. The quantitative estimate of drug-likeness (QED) is 0.647. The van der Waals surface area contributed by atoms with Crippen LogP contribution in [0.4, 0.5) is 4.39 Å². The molecule has 1 saturated carbocycles. The molecule has 1 aliphatic carbocycles. The smallest absolute Gasteiger partial charge is 0.175 e. The fraction of sp³-hybridized carbons (Fsp3) is 0.400. The molecule has 0 heterocycles. The van der Waals surface area contributed by atoms with Gasteiger partial charge in [0.05, 0.1) is 18.3 Å². The van der Waals surface area contributed by atoms with Crippen molar-refractivity contribution in [1.29, 1.82) is 0 Å². The number of ether oxygens (including phenoxy) is 1. The average molecular weight is 214 g/mol. The fourth-order valence-corrected chi connectivity index (χ4v) is 1.55. The molecule has 0 atom stereocenters. The maximum Gasteiger partial charge on any atom is 0.175 e. The Morgan fingerprint density at radius 1 is 1.40 bits per heavy atom. The van der Waals surface area contributed by atoms with Crippen LogP contribution in [0, 0.1) is 5.82 Å². The van der Waals surface area contributed by atoms with Crippen LogP contribution in [-0.4, -0.2) is 22.4 Å². The molecule has 0 radical (unpaired) electrons. The van der Waals surface area contributed by atoms with Gasteiger partial charge in [-0.1, -0.05) is 0 Å². The lowest BCUT2D eigenvalue weighted by molar-refractivity contribution is 0.140. The molecule has 0 aliphatic heterocycles. The molecule has 15 heavy (non-hydrogen) atoms. The minimum Gasteiger partial charge on any atom is -0.504 e. The van der Waals surface area contributed by atoms with Crippen molar-refractivity contribution in [3.63, 3.8) is 0 Å². The SMILES string of the molecule is COc1cc(O)c(O)c(C2(O)CC2)c1F. The second-order valence-electron chi connectivity index (χ2n) is 3.67. The van der Waals surface area contributed by atoms with Gasteiger partial charge in [0.15, 0.2) is 23.1 Å². The fourth-order valence-electron chi connectivity index (χ4n) is 1.55. The first kappa shape index (κ1) is 10.0. The van der Waals surface area contributed by atoms with Crippen molar-refractivity contribution >= 4 is 0 Å². The average Bonchev–Trinajstić information content (AvgIpc) is 2.91. The van der Waals surface area contributed by atoms with Crippen LogP contribution in [0.1, 0.15) is 18.4 Å². The van der Waals surface area contributed by atoms with E-state index in [2.05, 4.69) is 4.74 Å². The first-order valence-corrected chi connectivity index (χ1v) is 4.51.